The number of para-hydroxylation sites is 1. The lowest BCUT2D eigenvalue weighted by Gasteiger charge is -2.40. The van der Waals surface area contributed by atoms with Gasteiger partial charge in [0.15, 0.2) is 5.60 Å². The van der Waals surface area contributed by atoms with E-state index in [9.17, 15) is 4.79 Å². The third-order valence-electron chi connectivity index (χ3n) is 6.82. The van der Waals surface area contributed by atoms with Gasteiger partial charge in [0, 0.05) is 36.2 Å². The van der Waals surface area contributed by atoms with Crippen molar-refractivity contribution in [2.45, 2.75) is 31.6 Å². The molecule has 0 radical (unpaired) electrons. The van der Waals surface area contributed by atoms with Crippen LogP contribution >= 0.6 is 0 Å². The summed E-state index contributed by atoms with van der Waals surface area (Å²) < 4.78 is 15.0. The molecule has 162 valence electrons. The van der Waals surface area contributed by atoms with Crippen LogP contribution in [0.15, 0.2) is 66.7 Å². The first kappa shape index (κ1) is 19.5. The Kier molecular flexibility index (Phi) is 4.56. The van der Waals surface area contributed by atoms with E-state index in [-0.39, 0.29) is 11.9 Å². The number of Topliss-reactive ketones (excluding diaryl/α,β-unsaturated/α-hetero) is 1. The van der Waals surface area contributed by atoms with Crippen LogP contribution in [-0.2, 0) is 11.3 Å². The van der Waals surface area contributed by atoms with Crippen LogP contribution in [0, 0.1) is 6.92 Å². The number of benzene rings is 3. The van der Waals surface area contributed by atoms with E-state index in [0.29, 0.717) is 25.1 Å². The normalized spacial score (nSPS) is 22.7. The number of aromatic nitrogens is 1. The first-order valence-corrected chi connectivity index (χ1v) is 11.3. The third-order valence-corrected chi connectivity index (χ3v) is 6.82. The Hall–Kier alpha value is -3.15. The summed E-state index contributed by atoms with van der Waals surface area (Å²) in [6.07, 6.45) is 0.412. The summed E-state index contributed by atoms with van der Waals surface area (Å²) in [5.41, 5.74) is 1.86. The van der Waals surface area contributed by atoms with Gasteiger partial charge in [-0.2, -0.15) is 0 Å². The van der Waals surface area contributed by atoms with Gasteiger partial charge in [-0.05, 0) is 29.8 Å². The zero-order chi connectivity index (χ0) is 21.7. The quantitative estimate of drug-likeness (QED) is 0.489. The Bertz CT molecular complexity index is 1330. The molecular weight excluding hydrogens is 400 g/mol. The highest BCUT2D eigenvalue weighted by molar-refractivity contribution is 6.12. The molecule has 0 aliphatic carbocycles. The van der Waals surface area contributed by atoms with Crippen LogP contribution in [0.4, 0.5) is 0 Å². The van der Waals surface area contributed by atoms with E-state index in [4.69, 9.17) is 9.47 Å². The smallest absolute Gasteiger partial charge is 0.208 e. The largest absolute Gasteiger partial charge is 0.475 e. The molecule has 2 aliphatic rings. The van der Waals surface area contributed by atoms with Crippen LogP contribution in [0.2, 0.25) is 0 Å². The number of carbonyl (C=O) groups excluding carboxylic acids is 1. The second kappa shape index (κ2) is 7.47. The molecule has 0 spiro atoms. The minimum absolute atomic E-state index is 0.0132. The Morgan fingerprint density at radius 2 is 1.91 bits per heavy atom. The molecule has 2 atom stereocenters. The third kappa shape index (κ3) is 3.04. The van der Waals surface area contributed by atoms with Crippen molar-refractivity contribution in [3.63, 3.8) is 0 Å². The van der Waals surface area contributed by atoms with Gasteiger partial charge >= 0.3 is 0 Å². The molecule has 4 aromatic rings. The second-order valence-corrected chi connectivity index (χ2v) is 8.92. The summed E-state index contributed by atoms with van der Waals surface area (Å²) in [6, 6.07) is 22.2. The number of aryl methyl sites for hydroxylation is 1. The molecule has 0 saturated carbocycles. The van der Waals surface area contributed by atoms with Gasteiger partial charge in [-0.15, -0.1) is 0 Å². The zero-order valence-corrected chi connectivity index (χ0v) is 18.1. The molecule has 0 amide bonds. The number of carbonyl (C=O) groups is 1. The number of hydrogen-bond donors (Lipinski definition) is 1. The van der Waals surface area contributed by atoms with Gasteiger partial charge in [-0.25, -0.2) is 0 Å². The van der Waals surface area contributed by atoms with Crippen LogP contribution in [0.3, 0.4) is 0 Å². The van der Waals surface area contributed by atoms with E-state index in [0.717, 1.165) is 46.2 Å². The highest BCUT2D eigenvalue weighted by atomic mass is 16.5. The average Bonchev–Trinajstić information content (AvgIpc) is 3.15. The van der Waals surface area contributed by atoms with Gasteiger partial charge in [-0.3, -0.25) is 4.79 Å². The monoisotopic (exact) mass is 426 g/mol. The molecule has 6 rings (SSSR count). The molecule has 32 heavy (non-hydrogen) atoms. The van der Waals surface area contributed by atoms with Crippen molar-refractivity contribution in [3.05, 3.63) is 78.0 Å². The van der Waals surface area contributed by atoms with Crippen LogP contribution in [0.25, 0.3) is 21.7 Å². The molecule has 1 fully saturated rings. The maximum Gasteiger partial charge on any atom is 0.208 e. The van der Waals surface area contributed by atoms with Crippen LogP contribution in [0.5, 0.6) is 5.75 Å². The number of hydrogen-bond acceptors (Lipinski definition) is 4. The van der Waals surface area contributed by atoms with Crippen molar-refractivity contribution in [3.8, 4) is 5.75 Å². The first-order chi connectivity index (χ1) is 15.6. The van der Waals surface area contributed by atoms with E-state index in [2.05, 4.69) is 28.9 Å². The van der Waals surface area contributed by atoms with Gasteiger partial charge in [0.25, 0.3) is 0 Å². The summed E-state index contributed by atoms with van der Waals surface area (Å²) in [6.45, 7) is 4.77. The lowest BCUT2D eigenvalue weighted by molar-refractivity contribution is -0.0350. The first-order valence-electron chi connectivity index (χ1n) is 11.3. The molecule has 5 nitrogen and oxygen atoms in total. The van der Waals surface area contributed by atoms with Gasteiger partial charge in [0.05, 0.1) is 24.8 Å². The summed E-state index contributed by atoms with van der Waals surface area (Å²) in [5, 5.41) is 6.55. The number of ether oxygens (including phenoxy) is 2. The van der Waals surface area contributed by atoms with Crippen molar-refractivity contribution in [2.75, 3.05) is 19.7 Å². The van der Waals surface area contributed by atoms with Gasteiger partial charge in [0.1, 0.15) is 5.75 Å². The molecule has 1 aromatic heterocycles. The van der Waals surface area contributed by atoms with Gasteiger partial charge in [-0.1, -0.05) is 54.6 Å². The number of nitrogens with zero attached hydrogens (tertiary/aromatic N) is 1. The number of morpholine rings is 1. The minimum Gasteiger partial charge on any atom is -0.475 e. The summed E-state index contributed by atoms with van der Waals surface area (Å²) in [4.78, 5) is 14.4. The van der Waals surface area contributed by atoms with Gasteiger partial charge < -0.3 is 19.4 Å². The molecule has 1 saturated heterocycles. The molecule has 2 unspecified atom stereocenters. The predicted octanol–water partition coefficient (Wildman–Crippen LogP) is 4.50. The highest BCUT2D eigenvalue weighted by Crippen LogP contribution is 2.41. The Morgan fingerprint density at radius 3 is 2.78 bits per heavy atom. The number of fused-ring (bicyclic) bond motifs is 1. The summed E-state index contributed by atoms with van der Waals surface area (Å²) >= 11 is 0. The SMILES string of the molecule is Cc1cc2cccc3c2n1CC(CC1CNCCO1)(C(=O)c1cccc2ccccc12)O3. The van der Waals surface area contributed by atoms with E-state index in [1.54, 1.807) is 0 Å². The fourth-order valence-electron chi connectivity index (χ4n) is 5.31. The Labute approximate surface area is 186 Å². The lowest BCUT2D eigenvalue weighted by atomic mass is 9.84. The van der Waals surface area contributed by atoms with E-state index >= 15 is 0 Å². The minimum atomic E-state index is -1.04. The zero-order valence-electron chi connectivity index (χ0n) is 18.1. The lowest BCUT2D eigenvalue weighted by Crippen LogP contribution is -2.55. The summed E-state index contributed by atoms with van der Waals surface area (Å²) in [5.74, 6) is 0.776. The Balaban J connectivity index is 1.51. The van der Waals surface area contributed by atoms with Crippen molar-refractivity contribution >= 4 is 27.5 Å². The molecular formula is C27H26N2O3. The Morgan fingerprint density at radius 1 is 1.09 bits per heavy atom. The van der Waals surface area contributed by atoms with E-state index in [1.165, 1.54) is 0 Å². The van der Waals surface area contributed by atoms with Crippen molar-refractivity contribution < 1.29 is 14.3 Å². The van der Waals surface area contributed by atoms with E-state index in [1.807, 2.05) is 54.6 Å². The van der Waals surface area contributed by atoms with Crippen molar-refractivity contribution in [1.29, 1.82) is 0 Å². The maximum atomic E-state index is 14.4. The standard InChI is InChI=1S/C27H26N2O3/c1-18-14-20-8-5-11-24-25(20)29(18)17-27(32-24,15-21-16-28-12-13-31-21)26(30)23-10-4-7-19-6-2-3-9-22(19)23/h2-11,14,21,28H,12-13,15-17H2,1H3. The summed E-state index contributed by atoms with van der Waals surface area (Å²) in [7, 11) is 0. The predicted molar refractivity (Wildman–Crippen MR) is 126 cm³/mol. The second-order valence-electron chi connectivity index (χ2n) is 8.92. The van der Waals surface area contributed by atoms with Crippen LogP contribution < -0.4 is 10.1 Å². The fraction of sp³-hybridized carbons (Fsp3) is 0.296. The van der Waals surface area contributed by atoms with Crippen LogP contribution in [-0.4, -0.2) is 41.8 Å². The molecule has 0 bridgehead atoms. The average molecular weight is 427 g/mol. The van der Waals surface area contributed by atoms with E-state index < -0.39 is 5.60 Å². The maximum absolute atomic E-state index is 14.4. The molecule has 2 aliphatic heterocycles. The van der Waals surface area contributed by atoms with Crippen LogP contribution in [0.1, 0.15) is 22.5 Å². The molecule has 3 heterocycles. The fourth-order valence-corrected chi connectivity index (χ4v) is 5.31. The van der Waals surface area contributed by atoms with Gasteiger partial charge in [0.2, 0.25) is 5.78 Å². The molecule has 5 heteroatoms. The van der Waals surface area contributed by atoms with Crippen molar-refractivity contribution in [1.82, 2.24) is 9.88 Å². The number of nitrogens with one attached hydrogen (secondary N) is 1. The number of ketones is 1. The molecule has 3 aromatic carbocycles. The van der Waals surface area contributed by atoms with Crippen molar-refractivity contribution in [2.24, 2.45) is 0 Å². The topological polar surface area (TPSA) is 52.5 Å². The number of rotatable bonds is 4. The molecule has 1 N–H and O–H groups in total. The highest BCUT2D eigenvalue weighted by Gasteiger charge is 2.47.